The number of anilines is 1. The van der Waals surface area contributed by atoms with Crippen molar-refractivity contribution in [1.29, 1.82) is 0 Å². The van der Waals surface area contributed by atoms with E-state index in [1.807, 2.05) is 4.90 Å². The zero-order valence-electron chi connectivity index (χ0n) is 19.1. The Balaban J connectivity index is 1.24. The fraction of sp³-hybridized carbons (Fsp3) is 0.739. The summed E-state index contributed by atoms with van der Waals surface area (Å²) in [4.78, 5) is 37.3. The molecule has 0 aromatic carbocycles. The number of rotatable bonds is 5. The molecule has 4 fully saturated rings. The summed E-state index contributed by atoms with van der Waals surface area (Å²) in [6.45, 7) is 2.53. The molecule has 186 valence electrons. The second kappa shape index (κ2) is 9.69. The third-order valence-corrected chi connectivity index (χ3v) is 7.55. The van der Waals surface area contributed by atoms with Gasteiger partial charge in [-0.2, -0.15) is 0 Å². The second-order valence-electron chi connectivity index (χ2n) is 9.83. The van der Waals surface area contributed by atoms with Crippen molar-refractivity contribution in [3.05, 3.63) is 18.2 Å². The monoisotopic (exact) mass is 479 g/mol. The van der Waals surface area contributed by atoms with Crippen molar-refractivity contribution in [1.82, 2.24) is 20.2 Å². The highest BCUT2D eigenvalue weighted by atomic mass is 19.1. The summed E-state index contributed by atoms with van der Waals surface area (Å²) in [7, 11) is 0. The number of piperidine rings is 2. The molecule has 5 rings (SSSR count). The molecule has 1 aliphatic carbocycles. The predicted molar refractivity (Wildman–Crippen MR) is 117 cm³/mol. The molecule has 1 spiro atoms. The number of hydrogen-bond donors (Lipinski definition) is 1. The van der Waals surface area contributed by atoms with E-state index in [9.17, 15) is 18.4 Å². The van der Waals surface area contributed by atoms with Crippen molar-refractivity contribution >= 4 is 17.8 Å². The number of amides is 2. The zero-order chi connectivity index (χ0) is 23.7. The largest absolute Gasteiger partial charge is 0.376 e. The Labute approximate surface area is 197 Å². The molecular formula is C23H31F2N5O4. The van der Waals surface area contributed by atoms with Gasteiger partial charge in [0.05, 0.1) is 43.3 Å². The van der Waals surface area contributed by atoms with E-state index >= 15 is 0 Å². The minimum Gasteiger partial charge on any atom is -0.376 e. The summed E-state index contributed by atoms with van der Waals surface area (Å²) in [6.07, 6.45) is 4.85. The van der Waals surface area contributed by atoms with Gasteiger partial charge in [-0.05, 0) is 38.5 Å². The Morgan fingerprint density at radius 2 is 1.97 bits per heavy atom. The quantitative estimate of drug-likeness (QED) is 0.679. The molecule has 0 bridgehead atoms. The van der Waals surface area contributed by atoms with Crippen LogP contribution in [0.3, 0.4) is 0 Å². The van der Waals surface area contributed by atoms with Crippen molar-refractivity contribution in [2.75, 3.05) is 44.4 Å². The molecule has 4 aliphatic rings. The molecule has 11 heteroatoms. The molecule has 3 aliphatic heterocycles. The lowest BCUT2D eigenvalue weighted by Crippen LogP contribution is -2.72. The van der Waals surface area contributed by atoms with E-state index in [2.05, 4.69) is 15.3 Å². The summed E-state index contributed by atoms with van der Waals surface area (Å²) in [6, 6.07) is -0.366. The maximum absolute atomic E-state index is 13.5. The molecule has 3 saturated heterocycles. The lowest BCUT2D eigenvalue weighted by Gasteiger charge is -2.52. The predicted octanol–water partition coefficient (Wildman–Crippen LogP) is 1.23. The number of carbonyl (C=O) groups excluding carboxylic acids is 2. The van der Waals surface area contributed by atoms with Gasteiger partial charge in [0, 0.05) is 25.6 Å². The van der Waals surface area contributed by atoms with E-state index in [0.29, 0.717) is 38.6 Å². The number of likely N-dealkylation sites (tertiary alicyclic amines) is 1. The van der Waals surface area contributed by atoms with Crippen molar-refractivity contribution in [3.63, 3.8) is 0 Å². The van der Waals surface area contributed by atoms with Crippen LogP contribution in [-0.2, 0) is 19.1 Å². The van der Waals surface area contributed by atoms with E-state index in [1.165, 1.54) is 0 Å². The minimum atomic E-state index is -0.907. The smallest absolute Gasteiger partial charge is 0.246 e. The summed E-state index contributed by atoms with van der Waals surface area (Å²) in [5, 5.41) is 3.10. The third kappa shape index (κ3) is 4.72. The Morgan fingerprint density at radius 1 is 1.24 bits per heavy atom. The van der Waals surface area contributed by atoms with Crippen molar-refractivity contribution < 1.29 is 27.8 Å². The van der Waals surface area contributed by atoms with Gasteiger partial charge in [-0.25, -0.2) is 18.7 Å². The van der Waals surface area contributed by atoms with Gasteiger partial charge in [-0.3, -0.25) is 9.59 Å². The van der Waals surface area contributed by atoms with E-state index in [1.54, 1.807) is 4.90 Å². The van der Waals surface area contributed by atoms with Gasteiger partial charge in [0.2, 0.25) is 17.8 Å². The molecule has 1 aromatic rings. The van der Waals surface area contributed by atoms with E-state index in [4.69, 9.17) is 9.47 Å². The molecule has 4 heterocycles. The number of hydrogen-bond acceptors (Lipinski definition) is 7. The number of ether oxygens (including phenoxy) is 2. The number of nitrogens with zero attached hydrogens (tertiary/aromatic N) is 4. The summed E-state index contributed by atoms with van der Waals surface area (Å²) in [5.41, 5.74) is -0.690. The Morgan fingerprint density at radius 3 is 2.65 bits per heavy atom. The van der Waals surface area contributed by atoms with Crippen LogP contribution in [0.25, 0.3) is 0 Å². The maximum Gasteiger partial charge on any atom is 0.246 e. The van der Waals surface area contributed by atoms with Crippen LogP contribution in [0.15, 0.2) is 12.4 Å². The molecule has 2 amide bonds. The van der Waals surface area contributed by atoms with E-state index in [0.717, 1.165) is 31.7 Å². The zero-order valence-corrected chi connectivity index (χ0v) is 19.1. The number of aromatic nitrogens is 2. The summed E-state index contributed by atoms with van der Waals surface area (Å²) >= 11 is 0. The van der Waals surface area contributed by atoms with Gasteiger partial charge in [-0.15, -0.1) is 0 Å². The van der Waals surface area contributed by atoms with Gasteiger partial charge in [0.25, 0.3) is 0 Å². The highest BCUT2D eigenvalue weighted by Gasteiger charge is 2.51. The van der Waals surface area contributed by atoms with Crippen LogP contribution in [0.2, 0.25) is 0 Å². The molecule has 0 unspecified atom stereocenters. The van der Waals surface area contributed by atoms with Crippen LogP contribution in [-0.4, -0.2) is 90.0 Å². The van der Waals surface area contributed by atoms with E-state index < -0.39 is 17.5 Å². The maximum atomic E-state index is 13.5. The molecule has 1 aromatic heterocycles. The highest BCUT2D eigenvalue weighted by Crippen LogP contribution is 2.37. The Hall–Kier alpha value is -2.40. The molecule has 1 N–H and O–H groups in total. The van der Waals surface area contributed by atoms with Crippen LogP contribution in [0.1, 0.15) is 38.5 Å². The first-order valence-corrected chi connectivity index (χ1v) is 12.1. The lowest BCUT2D eigenvalue weighted by atomic mass is 9.77. The first-order valence-electron chi connectivity index (χ1n) is 12.1. The fourth-order valence-electron chi connectivity index (χ4n) is 5.59. The summed E-state index contributed by atoms with van der Waals surface area (Å²) < 4.78 is 38.5. The van der Waals surface area contributed by atoms with Crippen LogP contribution in [0.5, 0.6) is 0 Å². The van der Waals surface area contributed by atoms with Crippen LogP contribution >= 0.6 is 0 Å². The average Bonchev–Trinajstić information content (AvgIpc) is 2.81. The number of halogens is 2. The van der Waals surface area contributed by atoms with Crippen molar-refractivity contribution in [2.45, 2.75) is 62.4 Å². The molecular weight excluding hydrogens is 448 g/mol. The average molecular weight is 480 g/mol. The number of carbonyl (C=O) groups is 2. The van der Waals surface area contributed by atoms with Gasteiger partial charge in [0.1, 0.15) is 12.8 Å². The Kier molecular flexibility index (Phi) is 6.65. The lowest BCUT2D eigenvalue weighted by molar-refractivity contribution is -0.160. The van der Waals surface area contributed by atoms with E-state index in [-0.39, 0.29) is 55.9 Å². The highest BCUT2D eigenvalue weighted by molar-refractivity contribution is 5.82. The van der Waals surface area contributed by atoms with Crippen LogP contribution in [0.4, 0.5) is 14.7 Å². The standard InChI is InChI=1S/C23H31F2N5O4/c24-16-8-15(9-16)21(32)30-5-1-4-23(14-33-13-20(31)28-23)19(30)12-34-18-2-6-29(7-3-18)22-26-10-17(25)11-27-22/h10-11,15-16,18-19H,1-9,12-14H2,(H,28,31)/t15?,16?,19-,23+/m0/s1. The van der Waals surface area contributed by atoms with Gasteiger partial charge in [-0.1, -0.05) is 0 Å². The minimum absolute atomic E-state index is 0.0132. The van der Waals surface area contributed by atoms with Gasteiger partial charge in [0.15, 0.2) is 5.82 Å². The molecule has 1 saturated carbocycles. The fourth-order valence-corrected chi connectivity index (χ4v) is 5.59. The number of alkyl halides is 1. The molecule has 0 radical (unpaired) electrons. The SMILES string of the molecule is O=C1COC[C@@]2(CCCN(C(=O)C3CC(F)C3)[C@H]2COC2CCN(c3ncc(F)cn3)CC2)N1. The number of nitrogens with one attached hydrogen (secondary N) is 1. The van der Waals surface area contributed by atoms with Crippen LogP contribution in [0, 0.1) is 11.7 Å². The second-order valence-corrected chi connectivity index (χ2v) is 9.83. The molecule has 2 atom stereocenters. The van der Waals surface area contributed by atoms with Gasteiger partial charge < -0.3 is 24.6 Å². The molecule has 9 nitrogen and oxygen atoms in total. The first kappa shape index (κ1) is 23.3. The van der Waals surface area contributed by atoms with Crippen LogP contribution < -0.4 is 10.2 Å². The van der Waals surface area contributed by atoms with Crippen molar-refractivity contribution in [2.24, 2.45) is 5.92 Å². The summed E-state index contributed by atoms with van der Waals surface area (Å²) in [5.74, 6) is -0.510. The van der Waals surface area contributed by atoms with Gasteiger partial charge >= 0.3 is 0 Å². The van der Waals surface area contributed by atoms with Crippen molar-refractivity contribution in [3.8, 4) is 0 Å². The normalized spacial score (nSPS) is 32.4. The third-order valence-electron chi connectivity index (χ3n) is 7.55. The number of morpholine rings is 1. The molecule has 34 heavy (non-hydrogen) atoms. The topological polar surface area (TPSA) is 96.9 Å². The first-order chi connectivity index (χ1) is 16.4. The Bertz CT molecular complexity index is 888.